The zero-order valence-corrected chi connectivity index (χ0v) is 27.0. The van der Waals surface area contributed by atoms with Crippen molar-refractivity contribution in [1.29, 1.82) is 0 Å². The van der Waals surface area contributed by atoms with Crippen molar-refractivity contribution in [2.75, 3.05) is 13.1 Å². The van der Waals surface area contributed by atoms with Gasteiger partial charge in [-0.05, 0) is 49.4 Å². The molecule has 0 saturated carbocycles. The lowest BCUT2D eigenvalue weighted by Crippen LogP contribution is -2.66. The molecule has 3 atom stereocenters. The molecule has 0 aromatic heterocycles. The molecule has 1 heterocycles. The van der Waals surface area contributed by atoms with Gasteiger partial charge in [0.05, 0.1) is 6.10 Å². The van der Waals surface area contributed by atoms with Crippen LogP contribution in [0.1, 0.15) is 43.0 Å². The summed E-state index contributed by atoms with van der Waals surface area (Å²) in [5, 5.41) is 12.6. The van der Waals surface area contributed by atoms with Crippen LogP contribution in [0, 0.1) is 0 Å². The SMILES string of the molecule is CC(C)(C)OC(=O)N1CCN(Cc2ccccc2)C(=O)C1[C@@H](O)[C@H](Cc1ccccc1)N(Cc1ccccc1)Cc1ccccc1. The van der Waals surface area contributed by atoms with Crippen LogP contribution in [0.5, 0.6) is 0 Å². The second-order valence-electron chi connectivity index (χ2n) is 13.0. The molecule has 1 fully saturated rings. The number of benzene rings is 4. The summed E-state index contributed by atoms with van der Waals surface area (Å²) >= 11 is 0. The van der Waals surface area contributed by atoms with Gasteiger partial charge in [-0.15, -0.1) is 0 Å². The second-order valence-corrected chi connectivity index (χ2v) is 13.0. The zero-order valence-electron chi connectivity index (χ0n) is 27.0. The molecule has 1 aliphatic rings. The predicted octanol–water partition coefficient (Wildman–Crippen LogP) is 6.31. The van der Waals surface area contributed by atoms with Crippen molar-refractivity contribution in [1.82, 2.24) is 14.7 Å². The number of piperazine rings is 1. The van der Waals surface area contributed by atoms with Crippen molar-refractivity contribution in [3.8, 4) is 0 Å². The van der Waals surface area contributed by atoms with Crippen LogP contribution in [0.4, 0.5) is 4.79 Å². The van der Waals surface area contributed by atoms with Gasteiger partial charge in [0.15, 0.2) is 0 Å². The van der Waals surface area contributed by atoms with Crippen LogP contribution in [0.25, 0.3) is 0 Å². The van der Waals surface area contributed by atoms with E-state index in [0.717, 1.165) is 22.3 Å². The van der Waals surface area contributed by atoms with Crippen molar-refractivity contribution in [3.05, 3.63) is 144 Å². The van der Waals surface area contributed by atoms with Crippen molar-refractivity contribution in [2.45, 2.75) is 70.6 Å². The number of nitrogens with zero attached hydrogens (tertiary/aromatic N) is 3. The largest absolute Gasteiger partial charge is 0.444 e. The Morgan fingerprint density at radius 3 is 1.70 bits per heavy atom. The first kappa shape index (κ1) is 32.9. The van der Waals surface area contributed by atoms with Crippen molar-refractivity contribution in [3.63, 3.8) is 0 Å². The van der Waals surface area contributed by atoms with Gasteiger partial charge in [0.25, 0.3) is 0 Å². The summed E-state index contributed by atoms with van der Waals surface area (Å²) in [4.78, 5) is 33.6. The lowest BCUT2D eigenvalue weighted by molar-refractivity contribution is -0.150. The Balaban J connectivity index is 1.55. The Morgan fingerprint density at radius 2 is 1.22 bits per heavy atom. The van der Waals surface area contributed by atoms with Crippen LogP contribution >= 0.6 is 0 Å². The number of aliphatic hydroxyl groups excluding tert-OH is 1. The van der Waals surface area contributed by atoms with Gasteiger partial charge in [-0.25, -0.2) is 4.79 Å². The highest BCUT2D eigenvalue weighted by molar-refractivity contribution is 5.87. The predicted molar refractivity (Wildman–Crippen MR) is 181 cm³/mol. The molecule has 4 aromatic carbocycles. The monoisotopic (exact) mass is 619 g/mol. The maximum Gasteiger partial charge on any atom is 0.411 e. The topological polar surface area (TPSA) is 73.3 Å². The van der Waals surface area contributed by atoms with E-state index in [1.165, 1.54) is 4.90 Å². The molecule has 0 bridgehead atoms. The van der Waals surface area contributed by atoms with Crippen LogP contribution in [-0.4, -0.2) is 68.7 Å². The molecular weight excluding hydrogens is 574 g/mol. The molecule has 1 saturated heterocycles. The Labute approximate surface area is 273 Å². The van der Waals surface area contributed by atoms with E-state index in [4.69, 9.17) is 4.74 Å². The molecule has 0 aliphatic carbocycles. The number of carbonyl (C=O) groups is 2. The van der Waals surface area contributed by atoms with Gasteiger partial charge in [-0.1, -0.05) is 121 Å². The van der Waals surface area contributed by atoms with E-state index < -0.39 is 29.9 Å². The van der Waals surface area contributed by atoms with Gasteiger partial charge in [0.2, 0.25) is 5.91 Å². The lowest BCUT2D eigenvalue weighted by atomic mass is 9.91. The number of aliphatic hydroxyl groups is 1. The minimum absolute atomic E-state index is 0.255. The van der Waals surface area contributed by atoms with Crippen LogP contribution in [0.3, 0.4) is 0 Å². The number of amides is 2. The average molecular weight is 620 g/mol. The Hall–Kier alpha value is -4.46. The summed E-state index contributed by atoms with van der Waals surface area (Å²) in [6, 6.07) is 38.5. The second kappa shape index (κ2) is 15.2. The number of hydrogen-bond acceptors (Lipinski definition) is 5. The van der Waals surface area contributed by atoms with E-state index in [2.05, 4.69) is 29.2 Å². The van der Waals surface area contributed by atoms with Crippen molar-refractivity contribution in [2.24, 2.45) is 0 Å². The summed E-state index contributed by atoms with van der Waals surface area (Å²) < 4.78 is 5.80. The molecule has 2 amide bonds. The minimum Gasteiger partial charge on any atom is -0.444 e. The molecule has 46 heavy (non-hydrogen) atoms. The molecule has 7 heteroatoms. The number of ether oxygens (including phenoxy) is 1. The summed E-state index contributed by atoms with van der Waals surface area (Å²) in [6.07, 6.45) is -1.33. The smallest absolute Gasteiger partial charge is 0.411 e. The van der Waals surface area contributed by atoms with Gasteiger partial charge >= 0.3 is 6.09 Å². The molecule has 4 aromatic rings. The lowest BCUT2D eigenvalue weighted by Gasteiger charge is -2.46. The minimum atomic E-state index is -1.22. The van der Waals surface area contributed by atoms with E-state index in [0.29, 0.717) is 32.6 Å². The molecule has 1 N–H and O–H groups in total. The highest BCUT2D eigenvalue weighted by Gasteiger charge is 2.47. The number of hydrogen-bond donors (Lipinski definition) is 1. The molecule has 0 radical (unpaired) electrons. The third-order valence-corrected chi connectivity index (χ3v) is 8.29. The normalized spacial score (nSPS) is 16.7. The van der Waals surface area contributed by atoms with Crippen LogP contribution in [-0.2, 0) is 35.6 Å². The first-order chi connectivity index (χ1) is 22.2. The first-order valence-corrected chi connectivity index (χ1v) is 16.0. The molecule has 0 spiro atoms. The van der Waals surface area contributed by atoms with Gasteiger partial charge in [-0.2, -0.15) is 0 Å². The molecule has 1 aliphatic heterocycles. The quantitative estimate of drug-likeness (QED) is 0.213. The summed E-state index contributed by atoms with van der Waals surface area (Å²) in [6.45, 7) is 7.52. The van der Waals surface area contributed by atoms with E-state index in [1.807, 2.05) is 118 Å². The summed E-state index contributed by atoms with van der Waals surface area (Å²) in [5.74, 6) is -0.286. The fourth-order valence-electron chi connectivity index (χ4n) is 6.07. The fraction of sp³-hybridized carbons (Fsp3) is 0.333. The number of carbonyl (C=O) groups excluding carboxylic acids is 2. The third kappa shape index (κ3) is 8.83. The maximum atomic E-state index is 14.4. The molecule has 240 valence electrons. The van der Waals surface area contributed by atoms with Crippen LogP contribution < -0.4 is 0 Å². The highest BCUT2D eigenvalue weighted by Crippen LogP contribution is 2.27. The summed E-state index contributed by atoms with van der Waals surface area (Å²) in [7, 11) is 0. The molecule has 7 nitrogen and oxygen atoms in total. The van der Waals surface area contributed by atoms with Crippen molar-refractivity contribution >= 4 is 12.0 Å². The van der Waals surface area contributed by atoms with Crippen LogP contribution in [0.15, 0.2) is 121 Å². The molecule has 1 unspecified atom stereocenters. The molecule has 5 rings (SSSR count). The molecular formula is C39H45N3O4. The zero-order chi connectivity index (χ0) is 32.5. The van der Waals surface area contributed by atoms with Gasteiger partial charge in [0, 0.05) is 38.8 Å². The van der Waals surface area contributed by atoms with Crippen molar-refractivity contribution < 1.29 is 19.4 Å². The van der Waals surface area contributed by atoms with E-state index in [1.54, 1.807) is 4.90 Å². The van der Waals surface area contributed by atoms with E-state index in [9.17, 15) is 14.7 Å². The Bertz CT molecular complexity index is 1490. The Kier molecular flexibility index (Phi) is 10.9. The first-order valence-electron chi connectivity index (χ1n) is 16.0. The standard InChI is InChI=1S/C39H45N3O4/c1-39(2,3)46-38(45)42-25-24-40(27-31-18-10-5-11-19-31)37(44)35(42)36(43)34(26-30-16-8-4-9-17-30)41(28-32-20-12-6-13-21-32)29-33-22-14-7-15-23-33/h4-23,34-36,43H,24-29H2,1-3H3/t34-,35?,36-/m0/s1. The summed E-state index contributed by atoms with van der Waals surface area (Å²) in [5.41, 5.74) is 3.45. The van der Waals surface area contributed by atoms with Crippen LogP contribution in [0.2, 0.25) is 0 Å². The van der Waals surface area contributed by atoms with E-state index >= 15 is 0 Å². The third-order valence-electron chi connectivity index (χ3n) is 8.29. The highest BCUT2D eigenvalue weighted by atomic mass is 16.6. The Morgan fingerprint density at radius 1 is 0.761 bits per heavy atom. The maximum absolute atomic E-state index is 14.4. The average Bonchev–Trinajstić information content (AvgIpc) is 3.05. The fourth-order valence-corrected chi connectivity index (χ4v) is 6.07. The van der Waals surface area contributed by atoms with E-state index in [-0.39, 0.29) is 12.5 Å². The van der Waals surface area contributed by atoms with Gasteiger partial charge < -0.3 is 14.7 Å². The van der Waals surface area contributed by atoms with Gasteiger partial charge in [0.1, 0.15) is 11.6 Å². The number of rotatable bonds is 11. The van der Waals surface area contributed by atoms with Gasteiger partial charge in [-0.3, -0.25) is 14.6 Å².